The summed E-state index contributed by atoms with van der Waals surface area (Å²) in [5, 5.41) is 6.17. The summed E-state index contributed by atoms with van der Waals surface area (Å²) in [5.74, 6) is 1.00. The Balaban J connectivity index is 1.77. The third-order valence-electron chi connectivity index (χ3n) is 6.85. The first-order valence-corrected chi connectivity index (χ1v) is 10.9. The lowest BCUT2D eigenvalue weighted by atomic mass is 9.71. The van der Waals surface area contributed by atoms with Gasteiger partial charge in [-0.05, 0) is 50.5 Å². The van der Waals surface area contributed by atoms with E-state index in [0.29, 0.717) is 24.5 Å². The van der Waals surface area contributed by atoms with Crippen LogP contribution in [0.5, 0.6) is 0 Å². The molecule has 3 aliphatic rings. The van der Waals surface area contributed by atoms with Gasteiger partial charge in [0.1, 0.15) is 12.3 Å². The number of nitrogens with zero attached hydrogens (tertiary/aromatic N) is 1. The van der Waals surface area contributed by atoms with Gasteiger partial charge >= 0.3 is 0 Å². The molecule has 3 rings (SSSR count). The molecule has 0 aromatic heterocycles. The van der Waals surface area contributed by atoms with E-state index in [0.717, 1.165) is 45.1 Å². The van der Waals surface area contributed by atoms with Gasteiger partial charge in [-0.3, -0.25) is 9.59 Å². The second kappa shape index (κ2) is 9.67. The van der Waals surface area contributed by atoms with Crippen molar-refractivity contribution in [3.63, 3.8) is 0 Å². The maximum atomic E-state index is 13.6. The van der Waals surface area contributed by atoms with Crippen LogP contribution in [0.25, 0.3) is 0 Å². The van der Waals surface area contributed by atoms with Gasteiger partial charge in [-0.1, -0.05) is 39.0 Å². The number of nitrogens with one attached hydrogen (secondary N) is 2. The molecule has 6 heteroatoms. The van der Waals surface area contributed by atoms with Gasteiger partial charge in [0.05, 0.1) is 12.6 Å². The van der Waals surface area contributed by atoms with Gasteiger partial charge in [0.2, 0.25) is 11.8 Å². The number of fused-ring (bicyclic) bond motifs is 1. The molecule has 3 fully saturated rings. The van der Waals surface area contributed by atoms with E-state index in [9.17, 15) is 14.4 Å². The van der Waals surface area contributed by atoms with Crippen LogP contribution in [-0.2, 0) is 14.4 Å². The van der Waals surface area contributed by atoms with Crippen LogP contribution in [0.1, 0.15) is 71.1 Å². The standard InChI is InChI=1S/C21H35N3O3/c1-2-3-7-16-9-10-18(20(26)23-13-14-25)24(16)21(27)19-17-8-5-4-6-15(17)11-12-22-19/h14-19,22H,2-13H2,1H3,(H,23,26)/t15-,16-,17?,18-,19?/m0/s1. The molecule has 0 aromatic rings. The van der Waals surface area contributed by atoms with Crippen LogP contribution in [0.4, 0.5) is 0 Å². The molecule has 0 aromatic carbocycles. The topological polar surface area (TPSA) is 78.5 Å². The number of unbranched alkanes of at least 4 members (excludes halogenated alkanes) is 1. The Kier molecular flexibility index (Phi) is 7.27. The fraction of sp³-hybridized carbons (Fsp3) is 0.857. The lowest BCUT2D eigenvalue weighted by molar-refractivity contribution is -0.145. The molecule has 0 bridgehead atoms. The zero-order chi connectivity index (χ0) is 19.2. The van der Waals surface area contributed by atoms with Crippen LogP contribution in [0.2, 0.25) is 0 Å². The molecule has 27 heavy (non-hydrogen) atoms. The van der Waals surface area contributed by atoms with Crippen molar-refractivity contribution in [2.24, 2.45) is 11.8 Å². The monoisotopic (exact) mass is 377 g/mol. The number of likely N-dealkylation sites (tertiary alicyclic amines) is 1. The van der Waals surface area contributed by atoms with E-state index in [2.05, 4.69) is 17.6 Å². The van der Waals surface area contributed by atoms with Gasteiger partial charge in [0, 0.05) is 6.04 Å². The van der Waals surface area contributed by atoms with Crippen molar-refractivity contribution in [3.8, 4) is 0 Å². The van der Waals surface area contributed by atoms with E-state index in [-0.39, 0.29) is 30.4 Å². The molecule has 2 heterocycles. The predicted octanol–water partition coefficient (Wildman–Crippen LogP) is 2.02. The molecule has 2 unspecified atom stereocenters. The Morgan fingerprint density at radius 2 is 1.96 bits per heavy atom. The molecule has 1 aliphatic carbocycles. The maximum absolute atomic E-state index is 13.6. The van der Waals surface area contributed by atoms with Crippen LogP contribution in [0.15, 0.2) is 0 Å². The summed E-state index contributed by atoms with van der Waals surface area (Å²) in [5.41, 5.74) is 0. The van der Waals surface area contributed by atoms with E-state index in [1.165, 1.54) is 19.3 Å². The number of rotatable bonds is 7. The van der Waals surface area contributed by atoms with Crippen molar-refractivity contribution >= 4 is 18.1 Å². The summed E-state index contributed by atoms with van der Waals surface area (Å²) in [6.07, 6.45) is 11.4. The second-order valence-corrected chi connectivity index (χ2v) is 8.48. The molecule has 2 saturated heterocycles. The van der Waals surface area contributed by atoms with Crippen molar-refractivity contribution in [3.05, 3.63) is 0 Å². The summed E-state index contributed by atoms with van der Waals surface area (Å²) in [6, 6.07) is -0.423. The number of aldehydes is 1. The zero-order valence-corrected chi connectivity index (χ0v) is 16.6. The molecule has 0 spiro atoms. The predicted molar refractivity (Wildman–Crippen MR) is 104 cm³/mol. The minimum Gasteiger partial charge on any atom is -0.348 e. The number of hydrogen-bond donors (Lipinski definition) is 2. The van der Waals surface area contributed by atoms with Gasteiger partial charge < -0.3 is 20.3 Å². The van der Waals surface area contributed by atoms with E-state index in [4.69, 9.17) is 0 Å². The normalized spacial score (nSPS) is 33.4. The molecular formula is C21H35N3O3. The van der Waals surface area contributed by atoms with Crippen molar-refractivity contribution in [1.82, 2.24) is 15.5 Å². The highest BCUT2D eigenvalue weighted by Crippen LogP contribution is 2.39. The first-order valence-electron chi connectivity index (χ1n) is 10.9. The number of hydrogen-bond acceptors (Lipinski definition) is 4. The Morgan fingerprint density at radius 3 is 2.74 bits per heavy atom. The van der Waals surface area contributed by atoms with Crippen LogP contribution in [-0.4, -0.2) is 54.2 Å². The van der Waals surface area contributed by atoms with Gasteiger partial charge in [0.25, 0.3) is 0 Å². The second-order valence-electron chi connectivity index (χ2n) is 8.48. The molecule has 2 N–H and O–H groups in total. The van der Waals surface area contributed by atoms with Crippen LogP contribution in [0.3, 0.4) is 0 Å². The Hall–Kier alpha value is -1.43. The highest BCUT2D eigenvalue weighted by molar-refractivity contribution is 5.91. The minimum atomic E-state index is -0.426. The summed E-state index contributed by atoms with van der Waals surface area (Å²) >= 11 is 0. The average Bonchev–Trinajstić information content (AvgIpc) is 3.13. The van der Waals surface area contributed by atoms with E-state index in [1.807, 2.05) is 4.90 Å². The van der Waals surface area contributed by atoms with Crippen molar-refractivity contribution in [2.45, 2.75) is 89.3 Å². The van der Waals surface area contributed by atoms with Gasteiger partial charge in [-0.2, -0.15) is 0 Å². The van der Waals surface area contributed by atoms with Crippen molar-refractivity contribution < 1.29 is 14.4 Å². The first kappa shape index (κ1) is 20.3. The van der Waals surface area contributed by atoms with E-state index in [1.54, 1.807) is 0 Å². The summed E-state index contributed by atoms with van der Waals surface area (Å²) in [7, 11) is 0. The smallest absolute Gasteiger partial charge is 0.243 e. The van der Waals surface area contributed by atoms with Gasteiger partial charge in [-0.25, -0.2) is 0 Å². The third kappa shape index (κ3) is 4.53. The molecule has 6 nitrogen and oxygen atoms in total. The highest BCUT2D eigenvalue weighted by atomic mass is 16.2. The maximum Gasteiger partial charge on any atom is 0.243 e. The number of amides is 2. The minimum absolute atomic E-state index is 0.0172. The molecule has 1 saturated carbocycles. The summed E-state index contributed by atoms with van der Waals surface area (Å²) < 4.78 is 0. The quantitative estimate of drug-likeness (QED) is 0.666. The lowest BCUT2D eigenvalue weighted by Crippen LogP contribution is -2.60. The Morgan fingerprint density at radius 1 is 1.15 bits per heavy atom. The zero-order valence-electron chi connectivity index (χ0n) is 16.6. The SMILES string of the molecule is CCCC[C@H]1CC[C@@H](C(=O)NCC=O)N1C(=O)C1NCC[C@@H]2CCCCC12. The largest absolute Gasteiger partial charge is 0.348 e. The number of carbonyl (C=O) groups excluding carboxylic acids is 3. The lowest BCUT2D eigenvalue weighted by Gasteiger charge is -2.44. The molecule has 2 amide bonds. The highest BCUT2D eigenvalue weighted by Gasteiger charge is 2.46. The van der Waals surface area contributed by atoms with Crippen molar-refractivity contribution in [2.75, 3.05) is 13.1 Å². The van der Waals surface area contributed by atoms with E-state index < -0.39 is 6.04 Å². The molecule has 2 aliphatic heterocycles. The number of piperidine rings is 1. The van der Waals surface area contributed by atoms with Gasteiger partial charge in [-0.15, -0.1) is 0 Å². The van der Waals surface area contributed by atoms with Crippen LogP contribution in [0, 0.1) is 11.8 Å². The Labute approximate surface area is 162 Å². The fourth-order valence-corrected chi connectivity index (χ4v) is 5.50. The molecule has 5 atom stereocenters. The summed E-state index contributed by atoms with van der Waals surface area (Å²) in [6.45, 7) is 3.07. The fourth-order valence-electron chi connectivity index (χ4n) is 5.50. The van der Waals surface area contributed by atoms with Crippen LogP contribution >= 0.6 is 0 Å². The molecule has 152 valence electrons. The Bertz CT molecular complexity index is 537. The average molecular weight is 378 g/mol. The summed E-state index contributed by atoms with van der Waals surface area (Å²) in [4.78, 5) is 38.8. The van der Waals surface area contributed by atoms with Crippen LogP contribution < -0.4 is 10.6 Å². The molecular weight excluding hydrogens is 342 g/mol. The first-order chi connectivity index (χ1) is 13.2. The van der Waals surface area contributed by atoms with E-state index >= 15 is 0 Å². The molecule has 0 radical (unpaired) electrons. The van der Waals surface area contributed by atoms with Crippen molar-refractivity contribution in [1.29, 1.82) is 0 Å². The third-order valence-corrected chi connectivity index (χ3v) is 6.85. The number of carbonyl (C=O) groups is 3. The van der Waals surface area contributed by atoms with Gasteiger partial charge in [0.15, 0.2) is 0 Å².